The summed E-state index contributed by atoms with van der Waals surface area (Å²) in [5.41, 5.74) is 2.44. The second-order valence-electron chi connectivity index (χ2n) is 6.95. The normalized spacial score (nSPS) is 17.4. The van der Waals surface area contributed by atoms with Gasteiger partial charge in [-0.3, -0.25) is 4.79 Å². The number of benzene rings is 1. The standard InChI is InChI=1S/C23H28FN3O2/c1-3-22(23(29)27-17(2)12-13-20(27)16-28)26-15-18(14-25)8-4-5-9-19-10-6-7-11-21(19)24/h3,6-8,10-11,14,16,20,25-26H,2,4-5,9,12-13,15H2,1H3/b18-8+,22-3+,25-14?. The number of likely N-dealkylation sites (tertiary alicyclic amines) is 1. The Morgan fingerprint density at radius 2 is 2.17 bits per heavy atom. The smallest absolute Gasteiger partial charge is 0.274 e. The third-order valence-electron chi connectivity index (χ3n) is 4.98. The summed E-state index contributed by atoms with van der Waals surface area (Å²) in [4.78, 5) is 25.4. The van der Waals surface area contributed by atoms with Gasteiger partial charge in [-0.1, -0.05) is 36.9 Å². The Balaban J connectivity index is 1.89. The summed E-state index contributed by atoms with van der Waals surface area (Å²) in [5, 5.41) is 10.7. The average Bonchev–Trinajstić information content (AvgIpc) is 3.11. The minimum absolute atomic E-state index is 0.196. The van der Waals surface area contributed by atoms with Crippen LogP contribution in [0.25, 0.3) is 0 Å². The Labute approximate surface area is 171 Å². The van der Waals surface area contributed by atoms with Crippen molar-refractivity contribution in [2.75, 3.05) is 6.54 Å². The molecule has 2 rings (SSSR count). The number of nitrogens with one attached hydrogen (secondary N) is 2. The fourth-order valence-corrected chi connectivity index (χ4v) is 3.31. The van der Waals surface area contributed by atoms with Crippen LogP contribution in [0.5, 0.6) is 0 Å². The van der Waals surface area contributed by atoms with E-state index in [0.29, 0.717) is 49.2 Å². The van der Waals surface area contributed by atoms with Crippen molar-refractivity contribution in [3.63, 3.8) is 0 Å². The zero-order valence-corrected chi connectivity index (χ0v) is 16.8. The Morgan fingerprint density at radius 3 is 2.83 bits per heavy atom. The number of hydrogen-bond acceptors (Lipinski definition) is 4. The van der Waals surface area contributed by atoms with Gasteiger partial charge >= 0.3 is 0 Å². The van der Waals surface area contributed by atoms with E-state index in [1.807, 2.05) is 12.1 Å². The van der Waals surface area contributed by atoms with Gasteiger partial charge in [0.1, 0.15) is 12.1 Å². The molecule has 1 aromatic rings. The summed E-state index contributed by atoms with van der Waals surface area (Å²) < 4.78 is 13.6. The molecule has 0 spiro atoms. The first-order valence-electron chi connectivity index (χ1n) is 9.81. The topological polar surface area (TPSA) is 73.3 Å². The zero-order chi connectivity index (χ0) is 21.2. The lowest BCUT2D eigenvalue weighted by Crippen LogP contribution is -2.39. The highest BCUT2D eigenvalue weighted by Gasteiger charge is 2.32. The molecule has 2 N–H and O–H groups in total. The highest BCUT2D eigenvalue weighted by Crippen LogP contribution is 2.26. The Kier molecular flexibility index (Phi) is 8.52. The van der Waals surface area contributed by atoms with Crippen LogP contribution in [0.4, 0.5) is 4.39 Å². The van der Waals surface area contributed by atoms with E-state index >= 15 is 0 Å². The van der Waals surface area contributed by atoms with Crippen molar-refractivity contribution in [1.82, 2.24) is 10.2 Å². The summed E-state index contributed by atoms with van der Waals surface area (Å²) in [6.45, 7) is 5.95. The molecular weight excluding hydrogens is 369 g/mol. The molecule has 5 nitrogen and oxygen atoms in total. The number of aryl methyl sites for hydroxylation is 1. The molecule has 29 heavy (non-hydrogen) atoms. The third-order valence-corrected chi connectivity index (χ3v) is 4.98. The quantitative estimate of drug-likeness (QED) is 0.272. The van der Waals surface area contributed by atoms with Gasteiger partial charge in [-0.05, 0) is 56.2 Å². The van der Waals surface area contributed by atoms with Crippen LogP contribution in [-0.4, -0.2) is 35.9 Å². The van der Waals surface area contributed by atoms with E-state index in [9.17, 15) is 14.0 Å². The van der Waals surface area contributed by atoms with Crippen LogP contribution in [0.2, 0.25) is 0 Å². The van der Waals surface area contributed by atoms with Gasteiger partial charge in [0.15, 0.2) is 0 Å². The van der Waals surface area contributed by atoms with Gasteiger partial charge in [-0.25, -0.2) is 4.39 Å². The molecule has 1 atom stereocenters. The van der Waals surface area contributed by atoms with Gasteiger partial charge in [0.2, 0.25) is 0 Å². The molecule has 1 aliphatic rings. The lowest BCUT2D eigenvalue weighted by Gasteiger charge is -2.23. The number of unbranched alkanes of at least 4 members (excludes halogenated alkanes) is 1. The summed E-state index contributed by atoms with van der Waals surface area (Å²) in [6, 6.07) is 6.26. The van der Waals surface area contributed by atoms with Crippen LogP contribution >= 0.6 is 0 Å². The van der Waals surface area contributed by atoms with E-state index in [1.54, 1.807) is 25.1 Å². The van der Waals surface area contributed by atoms with Crippen molar-refractivity contribution < 1.29 is 14.0 Å². The Morgan fingerprint density at radius 1 is 1.41 bits per heavy atom. The van der Waals surface area contributed by atoms with Gasteiger partial charge in [-0.15, -0.1) is 0 Å². The third kappa shape index (κ3) is 5.98. The van der Waals surface area contributed by atoms with Crippen molar-refractivity contribution in [1.29, 1.82) is 5.41 Å². The molecule has 1 heterocycles. The summed E-state index contributed by atoms with van der Waals surface area (Å²) in [6.07, 6.45) is 8.93. The Bertz CT molecular complexity index is 829. The molecule has 1 saturated heterocycles. The van der Waals surface area contributed by atoms with Crippen LogP contribution in [0, 0.1) is 11.2 Å². The predicted octanol–water partition coefficient (Wildman–Crippen LogP) is 3.92. The number of rotatable bonds is 10. The van der Waals surface area contributed by atoms with E-state index in [2.05, 4.69) is 11.9 Å². The number of aldehydes is 1. The fraction of sp³-hybridized carbons (Fsp3) is 0.348. The maximum atomic E-state index is 13.6. The molecule has 0 saturated carbocycles. The van der Waals surface area contributed by atoms with E-state index in [0.717, 1.165) is 18.3 Å². The van der Waals surface area contributed by atoms with Crippen molar-refractivity contribution in [2.24, 2.45) is 0 Å². The molecule has 1 aromatic carbocycles. The molecule has 0 aromatic heterocycles. The second-order valence-corrected chi connectivity index (χ2v) is 6.95. The van der Waals surface area contributed by atoms with Crippen LogP contribution in [0.15, 0.2) is 60.0 Å². The molecule has 0 radical (unpaired) electrons. The highest BCUT2D eigenvalue weighted by atomic mass is 19.1. The van der Waals surface area contributed by atoms with Crippen molar-refractivity contribution in [2.45, 2.75) is 45.1 Å². The fourth-order valence-electron chi connectivity index (χ4n) is 3.31. The largest absolute Gasteiger partial charge is 0.377 e. The van der Waals surface area contributed by atoms with Crippen molar-refractivity contribution in [3.05, 3.63) is 71.3 Å². The molecule has 6 heteroatoms. The first-order chi connectivity index (χ1) is 14.0. The minimum Gasteiger partial charge on any atom is -0.377 e. The number of allylic oxidation sites excluding steroid dienone is 3. The number of halogens is 1. The maximum absolute atomic E-state index is 13.6. The van der Waals surface area contributed by atoms with Crippen molar-refractivity contribution >= 4 is 18.4 Å². The SMILES string of the molecule is C=C1CCC(C=O)N1C(=O)/C(=C\C)NC/C(C=N)=C/CCCc1ccccc1F. The van der Waals surface area contributed by atoms with Crippen LogP contribution < -0.4 is 5.32 Å². The van der Waals surface area contributed by atoms with Crippen molar-refractivity contribution in [3.8, 4) is 0 Å². The molecule has 1 unspecified atom stereocenters. The Hall–Kier alpha value is -3.02. The van der Waals surface area contributed by atoms with E-state index < -0.39 is 6.04 Å². The summed E-state index contributed by atoms with van der Waals surface area (Å²) in [5.74, 6) is -0.477. The second kappa shape index (κ2) is 11.1. The summed E-state index contributed by atoms with van der Waals surface area (Å²) in [7, 11) is 0. The van der Waals surface area contributed by atoms with E-state index in [1.165, 1.54) is 17.2 Å². The van der Waals surface area contributed by atoms with Gasteiger partial charge < -0.3 is 20.4 Å². The molecule has 0 aliphatic carbocycles. The monoisotopic (exact) mass is 397 g/mol. The van der Waals surface area contributed by atoms with Crippen LogP contribution in [-0.2, 0) is 16.0 Å². The number of nitrogens with zero attached hydrogens (tertiary/aromatic N) is 1. The van der Waals surface area contributed by atoms with E-state index in [-0.39, 0.29) is 11.7 Å². The lowest BCUT2D eigenvalue weighted by atomic mass is 10.1. The van der Waals surface area contributed by atoms with Gasteiger partial charge in [0.25, 0.3) is 5.91 Å². The van der Waals surface area contributed by atoms with Crippen LogP contribution in [0.3, 0.4) is 0 Å². The van der Waals surface area contributed by atoms with Gasteiger partial charge in [0, 0.05) is 18.5 Å². The first kappa shape index (κ1) is 22.3. The number of amides is 1. The minimum atomic E-state index is -0.470. The lowest BCUT2D eigenvalue weighted by molar-refractivity contribution is -0.129. The molecule has 1 amide bonds. The van der Waals surface area contributed by atoms with Crippen LogP contribution in [0.1, 0.15) is 38.2 Å². The maximum Gasteiger partial charge on any atom is 0.274 e. The molecular formula is C23H28FN3O2. The van der Waals surface area contributed by atoms with E-state index in [4.69, 9.17) is 5.41 Å². The average molecular weight is 397 g/mol. The first-order valence-corrected chi connectivity index (χ1v) is 9.81. The number of hydrogen-bond donors (Lipinski definition) is 2. The molecule has 154 valence electrons. The van der Waals surface area contributed by atoms with Gasteiger partial charge in [0.05, 0.1) is 11.7 Å². The molecule has 0 bridgehead atoms. The number of carbonyl (C=O) groups excluding carboxylic acids is 2. The summed E-state index contributed by atoms with van der Waals surface area (Å²) >= 11 is 0. The highest BCUT2D eigenvalue weighted by molar-refractivity contribution is 5.96. The molecule has 1 fully saturated rings. The predicted molar refractivity (Wildman–Crippen MR) is 113 cm³/mol. The zero-order valence-electron chi connectivity index (χ0n) is 16.8. The molecule has 1 aliphatic heterocycles. The van der Waals surface area contributed by atoms with Gasteiger partial charge in [-0.2, -0.15) is 0 Å². The number of carbonyl (C=O) groups is 2.